The van der Waals surface area contributed by atoms with Crippen molar-refractivity contribution in [2.24, 2.45) is 5.73 Å². The van der Waals surface area contributed by atoms with Crippen LogP contribution in [-0.4, -0.2) is 16.5 Å². The maximum atomic E-state index is 13.6. The molecule has 2 aromatic rings. The van der Waals surface area contributed by atoms with Gasteiger partial charge in [0.05, 0.1) is 0 Å². The summed E-state index contributed by atoms with van der Waals surface area (Å²) < 4.78 is 13.6. The van der Waals surface area contributed by atoms with Gasteiger partial charge in [-0.1, -0.05) is 13.8 Å². The molecule has 4 heteroatoms. The molecule has 0 saturated carbocycles. The van der Waals surface area contributed by atoms with E-state index in [9.17, 15) is 4.39 Å². The molecule has 0 bridgehead atoms. The lowest BCUT2D eigenvalue weighted by Crippen LogP contribution is -2.12. The Morgan fingerprint density at radius 2 is 1.67 bits per heavy atom. The Bertz CT molecular complexity index is 593. The molecule has 0 unspecified atom stereocenters. The molecule has 0 atom stereocenters. The maximum absolute atomic E-state index is 13.6. The average molecular weight is 287 g/mol. The number of halogens is 1. The molecule has 0 aliphatic carbocycles. The normalized spacial score (nSPS) is 10.9. The van der Waals surface area contributed by atoms with Gasteiger partial charge in [-0.25, -0.2) is 14.4 Å². The monoisotopic (exact) mass is 287 g/mol. The van der Waals surface area contributed by atoms with E-state index in [0.717, 1.165) is 47.3 Å². The van der Waals surface area contributed by atoms with E-state index in [0.29, 0.717) is 12.4 Å². The van der Waals surface area contributed by atoms with E-state index >= 15 is 0 Å². The van der Waals surface area contributed by atoms with Crippen LogP contribution in [0.1, 0.15) is 36.4 Å². The molecule has 0 spiro atoms. The Kier molecular flexibility index (Phi) is 5.02. The average Bonchev–Trinajstić information content (AvgIpc) is 2.46. The van der Waals surface area contributed by atoms with Crippen LogP contribution in [0.2, 0.25) is 0 Å². The van der Waals surface area contributed by atoms with Crippen LogP contribution in [0.15, 0.2) is 18.2 Å². The highest BCUT2D eigenvalue weighted by Gasteiger charge is 2.13. The number of rotatable bonds is 5. The van der Waals surface area contributed by atoms with E-state index < -0.39 is 0 Å². The van der Waals surface area contributed by atoms with Gasteiger partial charge in [0, 0.05) is 17.0 Å². The second-order valence-corrected chi connectivity index (χ2v) is 5.18. The van der Waals surface area contributed by atoms with E-state index in [1.807, 2.05) is 13.0 Å². The summed E-state index contributed by atoms with van der Waals surface area (Å²) in [5, 5.41) is 0. The Hall–Kier alpha value is -1.81. The minimum Gasteiger partial charge on any atom is -0.330 e. The fraction of sp³-hybridized carbons (Fsp3) is 0.412. The number of nitrogens with two attached hydrogens (primary N) is 1. The van der Waals surface area contributed by atoms with Gasteiger partial charge in [0.2, 0.25) is 0 Å². The van der Waals surface area contributed by atoms with Gasteiger partial charge in [0.25, 0.3) is 0 Å². The molecule has 0 saturated heterocycles. The van der Waals surface area contributed by atoms with Crippen molar-refractivity contribution in [3.63, 3.8) is 0 Å². The van der Waals surface area contributed by atoms with E-state index in [-0.39, 0.29) is 5.82 Å². The molecule has 2 N–H and O–H groups in total. The van der Waals surface area contributed by atoms with Crippen LogP contribution < -0.4 is 5.73 Å². The zero-order chi connectivity index (χ0) is 15.4. The Balaban J connectivity index is 2.59. The lowest BCUT2D eigenvalue weighted by atomic mass is 10.0. The van der Waals surface area contributed by atoms with Crippen molar-refractivity contribution in [1.29, 1.82) is 0 Å². The van der Waals surface area contributed by atoms with Gasteiger partial charge in [0.15, 0.2) is 5.82 Å². The summed E-state index contributed by atoms with van der Waals surface area (Å²) >= 11 is 0. The summed E-state index contributed by atoms with van der Waals surface area (Å²) in [5.74, 6) is 0.350. The topological polar surface area (TPSA) is 51.8 Å². The van der Waals surface area contributed by atoms with Gasteiger partial charge < -0.3 is 5.73 Å². The van der Waals surface area contributed by atoms with Crippen LogP contribution in [0.5, 0.6) is 0 Å². The largest absolute Gasteiger partial charge is 0.330 e. The molecule has 0 amide bonds. The van der Waals surface area contributed by atoms with E-state index in [2.05, 4.69) is 23.8 Å². The fourth-order valence-corrected chi connectivity index (χ4v) is 2.59. The van der Waals surface area contributed by atoms with Gasteiger partial charge in [0.1, 0.15) is 5.82 Å². The molecule has 1 heterocycles. The summed E-state index contributed by atoms with van der Waals surface area (Å²) in [6, 6.07) is 4.91. The Morgan fingerprint density at radius 3 is 2.14 bits per heavy atom. The number of hydrogen-bond donors (Lipinski definition) is 1. The fourth-order valence-electron chi connectivity index (χ4n) is 2.59. The second kappa shape index (κ2) is 6.76. The van der Waals surface area contributed by atoms with Gasteiger partial charge in [-0.05, 0) is 62.1 Å². The van der Waals surface area contributed by atoms with Gasteiger partial charge in [-0.2, -0.15) is 0 Å². The summed E-state index contributed by atoms with van der Waals surface area (Å²) in [6.45, 7) is 6.60. The van der Waals surface area contributed by atoms with Crippen LogP contribution in [0.25, 0.3) is 11.4 Å². The highest BCUT2D eigenvalue weighted by atomic mass is 19.1. The summed E-state index contributed by atoms with van der Waals surface area (Å²) in [7, 11) is 0. The van der Waals surface area contributed by atoms with Crippen LogP contribution in [0, 0.1) is 12.7 Å². The molecule has 1 aromatic carbocycles. The van der Waals surface area contributed by atoms with Crippen LogP contribution in [0.3, 0.4) is 0 Å². The van der Waals surface area contributed by atoms with Gasteiger partial charge >= 0.3 is 0 Å². The molecular weight excluding hydrogens is 265 g/mol. The molecular formula is C17H22FN3. The first-order chi connectivity index (χ1) is 10.1. The summed E-state index contributed by atoms with van der Waals surface area (Å²) in [5.41, 5.74) is 10.5. The highest BCUT2D eigenvalue weighted by Crippen LogP contribution is 2.22. The standard InChI is InChI=1S/C17H22FN3/c1-4-15-14(6-7-19)16(5-2)21-17(20-15)12-8-11(3)9-13(18)10-12/h8-10H,4-7,19H2,1-3H3. The first-order valence-electron chi connectivity index (χ1n) is 7.45. The smallest absolute Gasteiger partial charge is 0.159 e. The quantitative estimate of drug-likeness (QED) is 0.918. The lowest BCUT2D eigenvalue weighted by molar-refractivity contribution is 0.627. The molecule has 21 heavy (non-hydrogen) atoms. The summed E-state index contributed by atoms with van der Waals surface area (Å²) in [4.78, 5) is 9.28. The Morgan fingerprint density at radius 1 is 1.05 bits per heavy atom. The van der Waals surface area contributed by atoms with E-state index in [1.165, 1.54) is 12.1 Å². The Labute approximate surface area is 125 Å². The zero-order valence-corrected chi connectivity index (χ0v) is 12.9. The van der Waals surface area contributed by atoms with Gasteiger partial charge in [-0.3, -0.25) is 0 Å². The zero-order valence-electron chi connectivity index (χ0n) is 12.9. The van der Waals surface area contributed by atoms with Crippen molar-refractivity contribution in [2.45, 2.75) is 40.0 Å². The van der Waals surface area contributed by atoms with Crippen molar-refractivity contribution in [3.8, 4) is 11.4 Å². The molecule has 2 rings (SSSR count). The number of nitrogens with zero attached hydrogens (tertiary/aromatic N) is 2. The number of benzene rings is 1. The highest BCUT2D eigenvalue weighted by molar-refractivity contribution is 5.57. The first-order valence-corrected chi connectivity index (χ1v) is 7.45. The molecule has 1 aromatic heterocycles. The lowest BCUT2D eigenvalue weighted by Gasteiger charge is -2.13. The van der Waals surface area contributed by atoms with Crippen LogP contribution in [0.4, 0.5) is 4.39 Å². The number of hydrogen-bond acceptors (Lipinski definition) is 3. The minimum atomic E-state index is -0.254. The predicted octanol–water partition coefficient (Wildman–Crippen LogP) is 3.22. The third-order valence-electron chi connectivity index (χ3n) is 3.54. The van der Waals surface area contributed by atoms with Crippen LogP contribution >= 0.6 is 0 Å². The molecule has 0 aliphatic heterocycles. The van der Waals surface area contributed by atoms with Crippen molar-refractivity contribution in [1.82, 2.24) is 9.97 Å². The van der Waals surface area contributed by atoms with Crippen molar-refractivity contribution >= 4 is 0 Å². The number of aryl methyl sites for hydroxylation is 3. The second-order valence-electron chi connectivity index (χ2n) is 5.18. The van der Waals surface area contributed by atoms with E-state index in [4.69, 9.17) is 5.73 Å². The molecule has 112 valence electrons. The third kappa shape index (κ3) is 3.45. The molecule has 0 radical (unpaired) electrons. The van der Waals surface area contributed by atoms with Crippen molar-refractivity contribution in [3.05, 3.63) is 46.5 Å². The first kappa shape index (κ1) is 15.6. The number of aromatic nitrogens is 2. The maximum Gasteiger partial charge on any atom is 0.159 e. The summed E-state index contributed by atoms with van der Waals surface area (Å²) in [6.07, 6.45) is 2.44. The SMILES string of the molecule is CCc1nc(-c2cc(C)cc(F)c2)nc(CC)c1CCN. The van der Waals surface area contributed by atoms with Crippen molar-refractivity contribution < 1.29 is 4.39 Å². The molecule has 0 fully saturated rings. The van der Waals surface area contributed by atoms with E-state index in [1.54, 1.807) is 0 Å². The van der Waals surface area contributed by atoms with Gasteiger partial charge in [-0.15, -0.1) is 0 Å². The molecule has 3 nitrogen and oxygen atoms in total. The molecule has 0 aliphatic rings. The minimum absolute atomic E-state index is 0.254. The van der Waals surface area contributed by atoms with Crippen molar-refractivity contribution in [2.75, 3.05) is 6.54 Å². The predicted molar refractivity (Wildman–Crippen MR) is 83.7 cm³/mol. The third-order valence-corrected chi connectivity index (χ3v) is 3.54. The van der Waals surface area contributed by atoms with Crippen LogP contribution in [-0.2, 0) is 19.3 Å².